The smallest absolute Gasteiger partial charge is 0.379 e. The average Bonchev–Trinajstić information content (AvgIpc) is 3.63. The standard InChI is InChI=1S/C31H27ClF3N5O2/c1-38-18-36-37-28(38)11-30(16-42-17-30)21-5-3-6-22(10-21)40-15-25-23(29(40)41)8-19(9-26(25)31(33,34)35)12-39-13-20-4-2-7-27(32)24(20)14-39/h2-10,18H,11-17H2,1H3. The number of fused-ring (bicyclic) bond motifs is 2. The number of rotatable bonds is 6. The van der Waals surface area contributed by atoms with E-state index in [1.165, 1.54) is 11.0 Å². The average molecular weight is 594 g/mol. The lowest BCUT2D eigenvalue weighted by molar-refractivity contribution is -0.138. The number of amides is 1. The first-order valence-electron chi connectivity index (χ1n) is 13.7. The highest BCUT2D eigenvalue weighted by atomic mass is 35.5. The SMILES string of the molecule is Cn1cnnc1CC1(c2cccc(N3Cc4c(cc(CN5Cc6cccc(Cl)c6C5)cc4C(F)(F)F)C3=O)c2)COC1. The minimum absolute atomic E-state index is 0.00943. The fraction of sp³-hybridized carbons (Fsp3) is 0.323. The molecule has 0 unspecified atom stereocenters. The first kappa shape index (κ1) is 27.1. The van der Waals surface area contributed by atoms with Crippen LogP contribution in [-0.4, -0.2) is 38.8 Å². The van der Waals surface area contributed by atoms with Crippen LogP contribution >= 0.6 is 11.6 Å². The number of carbonyl (C=O) groups is 1. The van der Waals surface area contributed by atoms with Crippen LogP contribution in [0, 0.1) is 0 Å². The van der Waals surface area contributed by atoms with E-state index in [4.69, 9.17) is 16.3 Å². The molecular weight excluding hydrogens is 567 g/mol. The molecule has 3 aromatic carbocycles. The predicted molar refractivity (Wildman–Crippen MR) is 150 cm³/mol. The van der Waals surface area contributed by atoms with Gasteiger partial charge in [-0.25, -0.2) is 0 Å². The molecule has 4 heterocycles. The lowest BCUT2D eigenvalue weighted by Gasteiger charge is -2.42. The molecule has 216 valence electrons. The van der Waals surface area contributed by atoms with Gasteiger partial charge < -0.3 is 14.2 Å². The summed E-state index contributed by atoms with van der Waals surface area (Å²) in [5.41, 5.74) is 3.00. The van der Waals surface area contributed by atoms with Crippen molar-refractivity contribution in [3.8, 4) is 0 Å². The van der Waals surface area contributed by atoms with Crippen molar-refractivity contribution < 1.29 is 22.7 Å². The quantitative estimate of drug-likeness (QED) is 0.288. The number of aryl methyl sites for hydroxylation is 1. The van der Waals surface area contributed by atoms with Gasteiger partial charge in [-0.2, -0.15) is 13.2 Å². The molecule has 0 atom stereocenters. The molecule has 0 bridgehead atoms. The Labute approximate surface area is 245 Å². The highest BCUT2D eigenvalue weighted by molar-refractivity contribution is 6.31. The van der Waals surface area contributed by atoms with Gasteiger partial charge in [-0.1, -0.05) is 35.9 Å². The van der Waals surface area contributed by atoms with Gasteiger partial charge in [-0.05, 0) is 58.1 Å². The van der Waals surface area contributed by atoms with E-state index in [1.54, 1.807) is 18.5 Å². The van der Waals surface area contributed by atoms with Gasteiger partial charge in [-0.15, -0.1) is 10.2 Å². The molecule has 7 nitrogen and oxygen atoms in total. The van der Waals surface area contributed by atoms with E-state index in [-0.39, 0.29) is 29.6 Å². The van der Waals surface area contributed by atoms with E-state index in [1.807, 2.05) is 52.9 Å². The summed E-state index contributed by atoms with van der Waals surface area (Å²) in [6, 6.07) is 15.9. The number of nitrogens with zero attached hydrogens (tertiary/aromatic N) is 5. The second-order valence-corrected chi connectivity index (χ2v) is 11.8. The zero-order chi connectivity index (χ0) is 29.2. The Morgan fingerprint density at radius 2 is 1.83 bits per heavy atom. The van der Waals surface area contributed by atoms with Gasteiger partial charge in [0.05, 0.1) is 25.3 Å². The van der Waals surface area contributed by atoms with Crippen LogP contribution in [0.2, 0.25) is 5.02 Å². The van der Waals surface area contributed by atoms with Gasteiger partial charge in [0, 0.05) is 54.8 Å². The predicted octanol–water partition coefficient (Wildman–Crippen LogP) is 5.67. The highest BCUT2D eigenvalue weighted by Crippen LogP contribution is 2.42. The van der Waals surface area contributed by atoms with Crippen LogP contribution in [0.1, 0.15) is 49.6 Å². The van der Waals surface area contributed by atoms with Crippen LogP contribution in [0.5, 0.6) is 0 Å². The summed E-state index contributed by atoms with van der Waals surface area (Å²) in [4.78, 5) is 17.2. The fourth-order valence-corrected chi connectivity index (χ4v) is 6.59. The second kappa shape index (κ2) is 9.93. The Kier molecular flexibility index (Phi) is 6.41. The highest BCUT2D eigenvalue weighted by Gasteiger charge is 2.43. The second-order valence-electron chi connectivity index (χ2n) is 11.4. The zero-order valence-electron chi connectivity index (χ0n) is 22.8. The normalized spacial score (nSPS) is 17.8. The third-order valence-electron chi connectivity index (χ3n) is 8.63. The number of ether oxygens (including phenoxy) is 1. The van der Waals surface area contributed by atoms with Crippen molar-refractivity contribution in [3.63, 3.8) is 0 Å². The molecule has 0 saturated carbocycles. The molecule has 1 saturated heterocycles. The van der Waals surface area contributed by atoms with Crippen molar-refractivity contribution in [3.05, 3.63) is 111 Å². The van der Waals surface area contributed by atoms with Gasteiger partial charge in [0.1, 0.15) is 12.2 Å². The lowest BCUT2D eigenvalue weighted by atomic mass is 9.75. The van der Waals surface area contributed by atoms with E-state index < -0.39 is 17.6 Å². The number of benzene rings is 3. The molecular formula is C31H27ClF3N5O2. The summed E-state index contributed by atoms with van der Waals surface area (Å²) in [7, 11) is 1.88. The van der Waals surface area contributed by atoms with Crippen molar-refractivity contribution in [2.45, 2.75) is 44.2 Å². The molecule has 7 rings (SSSR count). The monoisotopic (exact) mass is 593 g/mol. The van der Waals surface area contributed by atoms with Crippen molar-refractivity contribution in [2.24, 2.45) is 7.05 Å². The molecule has 3 aliphatic heterocycles. The zero-order valence-corrected chi connectivity index (χ0v) is 23.5. The maximum atomic E-state index is 14.4. The van der Waals surface area contributed by atoms with Gasteiger partial charge in [0.25, 0.3) is 5.91 Å². The number of hydrogen-bond donors (Lipinski definition) is 0. The molecule has 1 aromatic heterocycles. The van der Waals surface area contributed by atoms with E-state index in [0.29, 0.717) is 49.0 Å². The summed E-state index contributed by atoms with van der Waals surface area (Å²) < 4.78 is 50.5. The van der Waals surface area contributed by atoms with Crippen molar-refractivity contribution >= 4 is 23.2 Å². The minimum atomic E-state index is -4.60. The summed E-state index contributed by atoms with van der Waals surface area (Å²) in [5.74, 6) is 0.369. The molecule has 0 aliphatic carbocycles. The summed E-state index contributed by atoms with van der Waals surface area (Å²) in [6.07, 6.45) is -2.36. The van der Waals surface area contributed by atoms with Gasteiger partial charge in [0.2, 0.25) is 0 Å². The summed E-state index contributed by atoms with van der Waals surface area (Å²) in [5, 5.41) is 8.84. The third-order valence-corrected chi connectivity index (χ3v) is 8.99. The maximum absolute atomic E-state index is 14.4. The molecule has 0 N–H and O–H groups in total. The van der Waals surface area contributed by atoms with Crippen LogP contribution in [-0.2, 0) is 56.0 Å². The van der Waals surface area contributed by atoms with Crippen LogP contribution in [0.4, 0.5) is 18.9 Å². The van der Waals surface area contributed by atoms with Gasteiger partial charge >= 0.3 is 6.18 Å². The first-order valence-corrected chi connectivity index (χ1v) is 14.0. The number of hydrogen-bond acceptors (Lipinski definition) is 5. The van der Waals surface area contributed by atoms with E-state index in [2.05, 4.69) is 10.2 Å². The third kappa shape index (κ3) is 4.58. The summed E-state index contributed by atoms with van der Waals surface area (Å²) in [6.45, 7) is 2.20. The Balaban J connectivity index is 1.18. The molecule has 1 fully saturated rings. The number of alkyl halides is 3. The van der Waals surface area contributed by atoms with Crippen molar-refractivity contribution in [1.82, 2.24) is 19.7 Å². The fourth-order valence-electron chi connectivity index (χ4n) is 6.33. The Morgan fingerprint density at radius 1 is 1.02 bits per heavy atom. The molecule has 0 radical (unpaired) electrons. The lowest BCUT2D eigenvalue weighted by Crippen LogP contribution is -2.49. The largest absolute Gasteiger partial charge is 0.416 e. The van der Waals surface area contributed by atoms with E-state index in [9.17, 15) is 18.0 Å². The number of anilines is 1. The number of carbonyl (C=O) groups excluding carboxylic acids is 1. The Hall–Kier alpha value is -3.73. The maximum Gasteiger partial charge on any atom is 0.416 e. The van der Waals surface area contributed by atoms with Crippen molar-refractivity contribution in [1.29, 1.82) is 0 Å². The molecule has 0 spiro atoms. The minimum Gasteiger partial charge on any atom is -0.379 e. The molecule has 42 heavy (non-hydrogen) atoms. The molecule has 11 heteroatoms. The first-order chi connectivity index (χ1) is 20.1. The Morgan fingerprint density at radius 3 is 2.52 bits per heavy atom. The van der Waals surface area contributed by atoms with Crippen molar-refractivity contribution in [2.75, 3.05) is 18.1 Å². The topological polar surface area (TPSA) is 63.5 Å². The van der Waals surface area contributed by atoms with Crippen LogP contribution < -0.4 is 4.90 Å². The van der Waals surface area contributed by atoms with Crippen LogP contribution in [0.25, 0.3) is 0 Å². The van der Waals surface area contributed by atoms with Crippen LogP contribution in [0.15, 0.2) is 60.9 Å². The number of aromatic nitrogens is 3. The molecule has 4 aromatic rings. The van der Waals surface area contributed by atoms with Gasteiger partial charge in [0.15, 0.2) is 0 Å². The Bertz CT molecular complexity index is 1720. The molecule has 3 aliphatic rings. The molecule has 1 amide bonds. The number of halogens is 4. The van der Waals surface area contributed by atoms with E-state index in [0.717, 1.165) is 22.5 Å². The summed E-state index contributed by atoms with van der Waals surface area (Å²) >= 11 is 6.35. The van der Waals surface area contributed by atoms with E-state index >= 15 is 0 Å². The van der Waals surface area contributed by atoms with Gasteiger partial charge in [-0.3, -0.25) is 9.69 Å². The van der Waals surface area contributed by atoms with Crippen LogP contribution in [0.3, 0.4) is 0 Å².